The van der Waals surface area contributed by atoms with E-state index in [-0.39, 0.29) is 17.4 Å². The highest BCUT2D eigenvalue weighted by atomic mass is 16.3. The van der Waals surface area contributed by atoms with E-state index in [1.54, 1.807) is 0 Å². The van der Waals surface area contributed by atoms with Gasteiger partial charge in [-0.15, -0.1) is 0 Å². The number of rotatable bonds is 2. The summed E-state index contributed by atoms with van der Waals surface area (Å²) in [5.74, 6) is 0.836. The summed E-state index contributed by atoms with van der Waals surface area (Å²) in [6.07, 6.45) is 3.77. The van der Waals surface area contributed by atoms with Gasteiger partial charge in [-0.1, -0.05) is 52.3 Å². The molecule has 0 amide bonds. The number of hydrogen-bond donors (Lipinski definition) is 2. The predicted molar refractivity (Wildman–Crippen MR) is 90.0 cm³/mol. The summed E-state index contributed by atoms with van der Waals surface area (Å²) in [5.41, 5.74) is 3.77. The Bertz CT molecular complexity index is 565. The highest BCUT2D eigenvalue weighted by Gasteiger charge is 2.53. The SMILES string of the molecule is CC(C)c1ccc2c(c1)C(O)C[C@H]1[C@](C)(CO)CCC[C@]21C. The summed E-state index contributed by atoms with van der Waals surface area (Å²) in [7, 11) is 0. The summed E-state index contributed by atoms with van der Waals surface area (Å²) in [6.45, 7) is 9.18. The van der Waals surface area contributed by atoms with Crippen molar-refractivity contribution >= 4 is 0 Å². The summed E-state index contributed by atoms with van der Waals surface area (Å²) in [5, 5.41) is 20.7. The Morgan fingerprint density at radius 1 is 1.23 bits per heavy atom. The molecule has 0 heterocycles. The lowest BCUT2D eigenvalue weighted by Crippen LogP contribution is -2.51. The minimum atomic E-state index is -0.393. The Kier molecular flexibility index (Phi) is 3.89. The molecule has 2 N–H and O–H groups in total. The number of hydrogen-bond acceptors (Lipinski definition) is 2. The van der Waals surface area contributed by atoms with E-state index < -0.39 is 6.10 Å². The van der Waals surface area contributed by atoms with Gasteiger partial charge in [0.2, 0.25) is 0 Å². The number of aliphatic hydroxyl groups is 2. The smallest absolute Gasteiger partial charge is 0.0796 e. The molecule has 0 aromatic heterocycles. The van der Waals surface area contributed by atoms with Gasteiger partial charge < -0.3 is 10.2 Å². The zero-order valence-electron chi connectivity index (χ0n) is 14.4. The van der Waals surface area contributed by atoms with E-state index in [1.807, 2.05) is 0 Å². The van der Waals surface area contributed by atoms with Crippen LogP contribution in [0.3, 0.4) is 0 Å². The van der Waals surface area contributed by atoms with Gasteiger partial charge in [0.15, 0.2) is 0 Å². The molecule has 1 saturated carbocycles. The first kappa shape index (κ1) is 16.0. The van der Waals surface area contributed by atoms with Crippen molar-refractivity contribution in [1.29, 1.82) is 0 Å². The molecule has 0 aliphatic heterocycles. The molecule has 3 rings (SSSR count). The van der Waals surface area contributed by atoms with E-state index in [2.05, 4.69) is 45.9 Å². The zero-order chi connectivity index (χ0) is 16.1. The number of aliphatic hydroxyl groups excluding tert-OH is 2. The lowest BCUT2D eigenvalue weighted by atomic mass is 9.49. The van der Waals surface area contributed by atoms with Gasteiger partial charge >= 0.3 is 0 Å². The van der Waals surface area contributed by atoms with E-state index in [1.165, 1.54) is 11.1 Å². The molecule has 2 aliphatic rings. The van der Waals surface area contributed by atoms with Crippen molar-refractivity contribution in [2.24, 2.45) is 11.3 Å². The predicted octanol–water partition coefficient (Wildman–Crippen LogP) is 4.30. The average Bonchev–Trinajstić information content (AvgIpc) is 2.49. The van der Waals surface area contributed by atoms with Crippen LogP contribution in [0.2, 0.25) is 0 Å². The maximum absolute atomic E-state index is 10.8. The normalized spacial score (nSPS) is 37.8. The summed E-state index contributed by atoms with van der Waals surface area (Å²) >= 11 is 0. The Balaban J connectivity index is 2.11. The van der Waals surface area contributed by atoms with Gasteiger partial charge in [-0.25, -0.2) is 0 Å². The molecule has 2 heteroatoms. The topological polar surface area (TPSA) is 40.5 Å². The van der Waals surface area contributed by atoms with Crippen LogP contribution in [0.15, 0.2) is 18.2 Å². The molecule has 0 saturated heterocycles. The Hall–Kier alpha value is -0.860. The molecule has 1 aromatic rings. The molecule has 0 bridgehead atoms. The molecule has 2 aliphatic carbocycles. The van der Waals surface area contributed by atoms with Crippen molar-refractivity contribution in [3.63, 3.8) is 0 Å². The van der Waals surface area contributed by atoms with Crippen molar-refractivity contribution in [3.8, 4) is 0 Å². The number of benzene rings is 1. The van der Waals surface area contributed by atoms with Gasteiger partial charge in [0, 0.05) is 6.61 Å². The van der Waals surface area contributed by atoms with E-state index in [4.69, 9.17) is 0 Å². The van der Waals surface area contributed by atoms with Crippen LogP contribution in [0.1, 0.15) is 82.1 Å². The first-order valence-electron chi connectivity index (χ1n) is 8.75. The Morgan fingerprint density at radius 2 is 1.95 bits per heavy atom. The highest BCUT2D eigenvalue weighted by molar-refractivity contribution is 5.43. The average molecular weight is 302 g/mol. The third kappa shape index (κ3) is 2.23. The van der Waals surface area contributed by atoms with Crippen molar-refractivity contribution in [1.82, 2.24) is 0 Å². The molecule has 0 radical (unpaired) electrons. The van der Waals surface area contributed by atoms with Crippen LogP contribution >= 0.6 is 0 Å². The second-order valence-corrected chi connectivity index (χ2v) is 8.39. The molecular formula is C20H30O2. The summed E-state index contributed by atoms with van der Waals surface area (Å²) in [4.78, 5) is 0. The van der Waals surface area contributed by atoms with Crippen LogP contribution in [0.4, 0.5) is 0 Å². The van der Waals surface area contributed by atoms with E-state index >= 15 is 0 Å². The standard InChI is InChI=1S/C20H30O2/c1-13(2)14-6-7-16-15(10-14)17(22)11-18-19(3,12-21)8-5-9-20(16,18)4/h6-7,10,13,17-18,21-22H,5,8-9,11-12H2,1-4H3/t17?,18-,19-,20+/m0/s1. The monoisotopic (exact) mass is 302 g/mol. The largest absolute Gasteiger partial charge is 0.396 e. The van der Waals surface area contributed by atoms with E-state index in [9.17, 15) is 10.2 Å². The van der Waals surface area contributed by atoms with Crippen molar-refractivity contribution < 1.29 is 10.2 Å². The first-order chi connectivity index (χ1) is 10.3. The third-order valence-corrected chi connectivity index (χ3v) is 6.59. The fourth-order valence-corrected chi connectivity index (χ4v) is 5.12. The molecule has 2 nitrogen and oxygen atoms in total. The second kappa shape index (κ2) is 5.35. The molecular weight excluding hydrogens is 272 g/mol. The fraction of sp³-hybridized carbons (Fsp3) is 0.700. The maximum atomic E-state index is 10.8. The number of fused-ring (bicyclic) bond motifs is 3. The second-order valence-electron chi connectivity index (χ2n) is 8.39. The van der Waals surface area contributed by atoms with Crippen LogP contribution in [0.25, 0.3) is 0 Å². The van der Waals surface area contributed by atoms with Crippen LogP contribution in [-0.2, 0) is 5.41 Å². The fourth-order valence-electron chi connectivity index (χ4n) is 5.12. The van der Waals surface area contributed by atoms with Gasteiger partial charge in [0.1, 0.15) is 0 Å². The zero-order valence-corrected chi connectivity index (χ0v) is 14.4. The third-order valence-electron chi connectivity index (χ3n) is 6.59. The minimum absolute atomic E-state index is 0.0671. The van der Waals surface area contributed by atoms with Crippen molar-refractivity contribution in [2.75, 3.05) is 6.61 Å². The van der Waals surface area contributed by atoms with Gasteiger partial charge in [0.05, 0.1) is 6.10 Å². The van der Waals surface area contributed by atoms with E-state index in [0.717, 1.165) is 31.2 Å². The maximum Gasteiger partial charge on any atom is 0.0796 e. The molecule has 0 spiro atoms. The quantitative estimate of drug-likeness (QED) is 0.855. The molecule has 1 unspecified atom stereocenters. The lowest BCUT2D eigenvalue weighted by molar-refractivity contribution is -0.0462. The summed E-state index contributed by atoms with van der Waals surface area (Å²) < 4.78 is 0. The Morgan fingerprint density at radius 3 is 2.59 bits per heavy atom. The highest BCUT2D eigenvalue weighted by Crippen LogP contribution is 2.59. The summed E-state index contributed by atoms with van der Waals surface area (Å²) in [6, 6.07) is 6.70. The Labute approximate surface area is 134 Å². The lowest BCUT2D eigenvalue weighted by Gasteiger charge is -2.56. The van der Waals surface area contributed by atoms with E-state index in [0.29, 0.717) is 11.8 Å². The molecule has 1 fully saturated rings. The minimum Gasteiger partial charge on any atom is -0.396 e. The first-order valence-corrected chi connectivity index (χ1v) is 8.75. The van der Waals surface area contributed by atoms with Crippen LogP contribution in [0.5, 0.6) is 0 Å². The van der Waals surface area contributed by atoms with Gasteiger partial charge in [-0.2, -0.15) is 0 Å². The van der Waals surface area contributed by atoms with Gasteiger partial charge in [-0.3, -0.25) is 0 Å². The van der Waals surface area contributed by atoms with Crippen LogP contribution in [-0.4, -0.2) is 16.8 Å². The molecule has 122 valence electrons. The van der Waals surface area contributed by atoms with Crippen LogP contribution < -0.4 is 0 Å². The van der Waals surface area contributed by atoms with Gasteiger partial charge in [-0.05, 0) is 58.6 Å². The molecule has 4 atom stereocenters. The molecule has 1 aromatic carbocycles. The van der Waals surface area contributed by atoms with Gasteiger partial charge in [0.25, 0.3) is 0 Å². The van der Waals surface area contributed by atoms with Crippen molar-refractivity contribution in [2.45, 2.75) is 70.8 Å². The van der Waals surface area contributed by atoms with Crippen LogP contribution in [0, 0.1) is 11.3 Å². The molecule has 22 heavy (non-hydrogen) atoms. The van der Waals surface area contributed by atoms with Crippen molar-refractivity contribution in [3.05, 3.63) is 34.9 Å².